The van der Waals surface area contributed by atoms with Crippen molar-refractivity contribution in [2.24, 2.45) is 0 Å². The van der Waals surface area contributed by atoms with E-state index in [-0.39, 0.29) is 0 Å². The number of thioether (sulfide) groups is 1. The molecule has 1 fully saturated rings. The van der Waals surface area contributed by atoms with Crippen LogP contribution in [0.1, 0.15) is 33.0 Å². The van der Waals surface area contributed by atoms with Crippen LogP contribution in [0.2, 0.25) is 0 Å². The van der Waals surface area contributed by atoms with Crippen LogP contribution in [0.4, 0.5) is 0 Å². The Morgan fingerprint density at radius 2 is 2.08 bits per heavy atom. The van der Waals surface area contributed by atoms with E-state index in [4.69, 9.17) is 0 Å². The first-order valence-electron chi connectivity index (χ1n) is 7.62. The zero-order valence-corrected chi connectivity index (χ0v) is 14.9. The van der Waals surface area contributed by atoms with Gasteiger partial charge in [0.2, 0.25) is 0 Å². The van der Waals surface area contributed by atoms with Crippen LogP contribution in [-0.4, -0.2) is 39.0 Å². The Balaban J connectivity index is 1.69. The first-order chi connectivity index (χ1) is 11.5. The van der Waals surface area contributed by atoms with Gasteiger partial charge in [-0.1, -0.05) is 29.8 Å². The van der Waals surface area contributed by atoms with Crippen LogP contribution in [0.5, 0.6) is 0 Å². The lowest BCUT2D eigenvalue weighted by molar-refractivity contribution is -0.143. The van der Waals surface area contributed by atoms with Crippen molar-refractivity contribution < 1.29 is 14.7 Å². The molecular weight excluding hydrogens is 344 g/mol. The number of rotatable bonds is 5. The fourth-order valence-corrected chi connectivity index (χ4v) is 4.68. The van der Waals surface area contributed by atoms with E-state index in [1.165, 1.54) is 16.9 Å². The van der Waals surface area contributed by atoms with Crippen LogP contribution < -0.4 is 5.32 Å². The standard InChI is InChI=1S/C17H18N2O3S2/c1-11-2-4-12(5-3-11)8-14-18-13(9-24-14)15(20)19-17(16(21)22)6-7-23-10-17/h2-5,9H,6-8,10H2,1H3,(H,19,20)(H,21,22). The van der Waals surface area contributed by atoms with Gasteiger partial charge in [-0.25, -0.2) is 9.78 Å². The Bertz CT molecular complexity index is 749. The highest BCUT2D eigenvalue weighted by Crippen LogP contribution is 2.28. The van der Waals surface area contributed by atoms with E-state index in [2.05, 4.69) is 10.3 Å². The molecule has 2 N–H and O–H groups in total. The number of aromatic nitrogens is 1. The summed E-state index contributed by atoms with van der Waals surface area (Å²) in [6.07, 6.45) is 1.11. The number of aryl methyl sites for hydroxylation is 1. The van der Waals surface area contributed by atoms with Crippen LogP contribution in [-0.2, 0) is 11.2 Å². The van der Waals surface area contributed by atoms with E-state index in [1.807, 2.05) is 31.2 Å². The van der Waals surface area contributed by atoms with Gasteiger partial charge in [-0.2, -0.15) is 11.8 Å². The van der Waals surface area contributed by atoms with Crippen molar-refractivity contribution in [2.45, 2.75) is 25.3 Å². The molecule has 5 nitrogen and oxygen atoms in total. The van der Waals surface area contributed by atoms with Gasteiger partial charge in [-0.05, 0) is 24.7 Å². The van der Waals surface area contributed by atoms with Crippen molar-refractivity contribution in [3.8, 4) is 0 Å². The minimum absolute atomic E-state index is 0.291. The van der Waals surface area contributed by atoms with Gasteiger partial charge in [0.1, 0.15) is 11.2 Å². The van der Waals surface area contributed by atoms with Gasteiger partial charge < -0.3 is 10.4 Å². The van der Waals surface area contributed by atoms with Gasteiger partial charge in [-0.3, -0.25) is 4.79 Å². The molecular formula is C17H18N2O3S2. The first-order valence-corrected chi connectivity index (χ1v) is 9.65. The average Bonchev–Trinajstić information content (AvgIpc) is 3.20. The molecule has 0 radical (unpaired) electrons. The lowest BCUT2D eigenvalue weighted by Gasteiger charge is -2.23. The molecule has 0 spiro atoms. The van der Waals surface area contributed by atoms with Gasteiger partial charge in [0.05, 0.1) is 5.01 Å². The lowest BCUT2D eigenvalue weighted by Crippen LogP contribution is -2.54. The predicted molar refractivity (Wildman–Crippen MR) is 95.9 cm³/mol. The predicted octanol–water partition coefficient (Wildman–Crippen LogP) is 2.73. The molecule has 126 valence electrons. The van der Waals surface area contributed by atoms with Crippen LogP contribution >= 0.6 is 23.1 Å². The third-order valence-electron chi connectivity index (χ3n) is 4.04. The molecule has 2 aromatic rings. The number of nitrogens with one attached hydrogen (secondary N) is 1. The van der Waals surface area contributed by atoms with Gasteiger partial charge >= 0.3 is 5.97 Å². The number of carbonyl (C=O) groups excluding carboxylic acids is 1. The van der Waals surface area contributed by atoms with Crippen molar-refractivity contribution in [2.75, 3.05) is 11.5 Å². The van der Waals surface area contributed by atoms with Crippen molar-refractivity contribution >= 4 is 35.0 Å². The lowest BCUT2D eigenvalue weighted by atomic mass is 9.99. The number of thiazole rings is 1. The van der Waals surface area contributed by atoms with E-state index in [0.29, 0.717) is 24.3 Å². The van der Waals surface area contributed by atoms with E-state index in [9.17, 15) is 14.7 Å². The second-order valence-electron chi connectivity index (χ2n) is 5.93. The van der Waals surface area contributed by atoms with Crippen LogP contribution in [0.15, 0.2) is 29.6 Å². The SMILES string of the molecule is Cc1ccc(Cc2nc(C(=O)NC3(C(=O)O)CCSC3)cs2)cc1. The Kier molecular flexibility index (Phi) is 4.91. The number of benzene rings is 1. The van der Waals surface area contributed by atoms with Gasteiger partial charge in [0, 0.05) is 17.6 Å². The Morgan fingerprint density at radius 1 is 1.33 bits per heavy atom. The minimum Gasteiger partial charge on any atom is -0.479 e. The highest BCUT2D eigenvalue weighted by atomic mass is 32.2. The number of hydrogen-bond acceptors (Lipinski definition) is 5. The summed E-state index contributed by atoms with van der Waals surface area (Å²) >= 11 is 2.96. The Morgan fingerprint density at radius 3 is 2.71 bits per heavy atom. The number of carboxylic acid groups (broad SMARTS) is 1. The molecule has 1 aliphatic heterocycles. The number of hydrogen-bond donors (Lipinski definition) is 2. The molecule has 24 heavy (non-hydrogen) atoms. The molecule has 3 rings (SSSR count). The third kappa shape index (κ3) is 3.62. The zero-order valence-electron chi connectivity index (χ0n) is 13.2. The molecule has 7 heteroatoms. The van der Waals surface area contributed by atoms with Crippen molar-refractivity contribution in [3.05, 3.63) is 51.5 Å². The molecule has 0 saturated carbocycles. The van der Waals surface area contributed by atoms with Crippen LogP contribution in [0.25, 0.3) is 0 Å². The molecule has 1 aliphatic rings. The topological polar surface area (TPSA) is 79.3 Å². The summed E-state index contributed by atoms with van der Waals surface area (Å²) in [5, 5.41) is 14.6. The smallest absolute Gasteiger partial charge is 0.330 e. The number of nitrogens with zero attached hydrogens (tertiary/aromatic N) is 1. The molecule has 0 bridgehead atoms. The van der Waals surface area contributed by atoms with Gasteiger partial charge in [-0.15, -0.1) is 11.3 Å². The molecule has 2 heterocycles. The molecule has 1 atom stereocenters. The second kappa shape index (κ2) is 6.94. The van der Waals surface area contributed by atoms with E-state index >= 15 is 0 Å². The molecule has 1 unspecified atom stereocenters. The fourth-order valence-electron chi connectivity index (χ4n) is 2.54. The molecule has 1 saturated heterocycles. The van der Waals surface area contributed by atoms with E-state index in [1.54, 1.807) is 17.1 Å². The number of carbonyl (C=O) groups is 2. The Labute approximate surface area is 148 Å². The number of carboxylic acids is 1. The van der Waals surface area contributed by atoms with Crippen LogP contribution in [0.3, 0.4) is 0 Å². The largest absolute Gasteiger partial charge is 0.479 e. The molecule has 1 aromatic carbocycles. The summed E-state index contributed by atoms with van der Waals surface area (Å²) in [4.78, 5) is 28.3. The van der Waals surface area contributed by atoms with E-state index < -0.39 is 17.4 Å². The molecule has 1 amide bonds. The van der Waals surface area contributed by atoms with Gasteiger partial charge in [0.25, 0.3) is 5.91 Å². The van der Waals surface area contributed by atoms with Crippen molar-refractivity contribution in [3.63, 3.8) is 0 Å². The molecule has 0 aliphatic carbocycles. The summed E-state index contributed by atoms with van der Waals surface area (Å²) in [7, 11) is 0. The first kappa shape index (κ1) is 17.0. The highest BCUT2D eigenvalue weighted by Gasteiger charge is 2.43. The normalized spacial score (nSPS) is 20.0. The number of amides is 1. The summed E-state index contributed by atoms with van der Waals surface area (Å²) in [6.45, 7) is 2.04. The number of aliphatic carboxylic acids is 1. The maximum absolute atomic E-state index is 12.4. The van der Waals surface area contributed by atoms with Crippen molar-refractivity contribution in [1.82, 2.24) is 10.3 Å². The summed E-state index contributed by atoms with van der Waals surface area (Å²) < 4.78 is 0. The Hall–Kier alpha value is -1.86. The van der Waals surface area contributed by atoms with Gasteiger partial charge in [0.15, 0.2) is 0 Å². The van der Waals surface area contributed by atoms with Crippen LogP contribution in [0, 0.1) is 6.92 Å². The highest BCUT2D eigenvalue weighted by molar-refractivity contribution is 7.99. The third-order valence-corrected chi connectivity index (χ3v) is 6.08. The molecule has 1 aromatic heterocycles. The monoisotopic (exact) mass is 362 g/mol. The summed E-state index contributed by atoms with van der Waals surface area (Å²) in [6, 6.07) is 8.19. The second-order valence-corrected chi connectivity index (χ2v) is 7.98. The summed E-state index contributed by atoms with van der Waals surface area (Å²) in [5.74, 6) is -0.251. The minimum atomic E-state index is -1.16. The zero-order chi connectivity index (χ0) is 17.2. The maximum Gasteiger partial charge on any atom is 0.330 e. The maximum atomic E-state index is 12.4. The average molecular weight is 362 g/mol. The fraction of sp³-hybridized carbons (Fsp3) is 0.353. The van der Waals surface area contributed by atoms with E-state index in [0.717, 1.165) is 16.3 Å². The quantitative estimate of drug-likeness (QED) is 0.855. The van der Waals surface area contributed by atoms with Crippen molar-refractivity contribution in [1.29, 1.82) is 0 Å². The summed E-state index contributed by atoms with van der Waals surface area (Å²) in [5.41, 5.74) is 1.46.